The lowest BCUT2D eigenvalue weighted by molar-refractivity contribution is -0.168. The molecule has 0 spiro atoms. The van der Waals surface area contributed by atoms with Crippen molar-refractivity contribution in [3.05, 3.63) is 0 Å². The van der Waals surface area contributed by atoms with Crippen LogP contribution in [0.1, 0.15) is 32.6 Å². The van der Waals surface area contributed by atoms with Crippen molar-refractivity contribution in [2.24, 2.45) is 5.41 Å². The van der Waals surface area contributed by atoms with Crippen LogP contribution in [-0.4, -0.2) is 36.5 Å². The maximum absolute atomic E-state index is 11.1. The summed E-state index contributed by atoms with van der Waals surface area (Å²) < 4.78 is 4.50. The number of ether oxygens (including phenoxy) is 1. The van der Waals surface area contributed by atoms with Crippen LogP contribution >= 0.6 is 0 Å². The van der Waals surface area contributed by atoms with E-state index in [0.29, 0.717) is 5.41 Å². The average Bonchev–Trinajstić information content (AvgIpc) is 2.10. The smallest absolute Gasteiger partial charge is 0.327 e. The van der Waals surface area contributed by atoms with Gasteiger partial charge in [-0.25, -0.2) is 0 Å². The van der Waals surface area contributed by atoms with Crippen LogP contribution in [0.5, 0.6) is 0 Å². The van der Waals surface area contributed by atoms with Crippen molar-refractivity contribution in [3.8, 4) is 0 Å². The molecule has 2 aliphatic rings. The monoisotopic (exact) mass is 211 g/mol. The summed E-state index contributed by atoms with van der Waals surface area (Å²) in [6.07, 6.45) is 4.86. The minimum absolute atomic E-state index is 0.271. The molecule has 0 unspecified atom stereocenters. The molecule has 1 aliphatic carbocycles. The highest BCUT2D eigenvalue weighted by molar-refractivity contribution is 5.90. The molecule has 0 aromatic carbocycles. The van der Waals surface area contributed by atoms with Crippen LogP contribution in [0.2, 0.25) is 0 Å². The summed E-state index contributed by atoms with van der Waals surface area (Å²) in [5, 5.41) is 0. The fraction of sp³-hybridized carbons (Fsp3) is 0.818. The van der Waals surface area contributed by atoms with Gasteiger partial charge < -0.3 is 4.74 Å². The van der Waals surface area contributed by atoms with Gasteiger partial charge in [0.25, 0.3) is 0 Å². The Morgan fingerprint density at radius 2 is 1.87 bits per heavy atom. The fourth-order valence-electron chi connectivity index (χ4n) is 2.50. The lowest BCUT2D eigenvalue weighted by atomic mass is 9.66. The van der Waals surface area contributed by atoms with Gasteiger partial charge in [-0.05, 0) is 24.7 Å². The molecule has 1 aliphatic heterocycles. The second-order valence-electron chi connectivity index (χ2n) is 4.70. The van der Waals surface area contributed by atoms with E-state index >= 15 is 0 Å². The highest BCUT2D eigenvalue weighted by Gasteiger charge is 2.38. The Morgan fingerprint density at radius 1 is 1.27 bits per heavy atom. The Kier molecular flexibility index (Phi) is 2.78. The van der Waals surface area contributed by atoms with Crippen LogP contribution in [-0.2, 0) is 14.3 Å². The summed E-state index contributed by atoms with van der Waals surface area (Å²) in [6.45, 7) is 3.59. The number of hydrogen-bond acceptors (Lipinski definition) is 4. The van der Waals surface area contributed by atoms with Crippen molar-refractivity contribution in [3.63, 3.8) is 0 Å². The van der Waals surface area contributed by atoms with Crippen molar-refractivity contribution in [2.45, 2.75) is 32.6 Å². The standard InChI is InChI=1S/C11H17NO3/c1-2-11(4-3-5-11)8-12-6-9(13)15-10(14)7-12/h2-8H2,1H3. The maximum atomic E-state index is 11.1. The number of hydrogen-bond donors (Lipinski definition) is 0. The van der Waals surface area contributed by atoms with E-state index in [9.17, 15) is 9.59 Å². The van der Waals surface area contributed by atoms with Crippen molar-refractivity contribution in [1.82, 2.24) is 4.90 Å². The van der Waals surface area contributed by atoms with Crippen LogP contribution in [0, 0.1) is 5.41 Å². The molecule has 1 saturated carbocycles. The lowest BCUT2D eigenvalue weighted by Crippen LogP contribution is -2.49. The van der Waals surface area contributed by atoms with Gasteiger partial charge in [-0.2, -0.15) is 0 Å². The van der Waals surface area contributed by atoms with E-state index in [1.165, 1.54) is 19.3 Å². The zero-order valence-corrected chi connectivity index (χ0v) is 9.12. The topological polar surface area (TPSA) is 46.6 Å². The summed E-state index contributed by atoms with van der Waals surface area (Å²) in [7, 11) is 0. The molecule has 4 nitrogen and oxygen atoms in total. The molecule has 0 aromatic heterocycles. The normalized spacial score (nSPS) is 25.9. The summed E-state index contributed by atoms with van der Waals surface area (Å²) >= 11 is 0. The predicted octanol–water partition coefficient (Wildman–Crippen LogP) is 0.952. The van der Waals surface area contributed by atoms with Crippen molar-refractivity contribution < 1.29 is 14.3 Å². The molecule has 0 radical (unpaired) electrons. The molecule has 0 bridgehead atoms. The minimum Gasteiger partial charge on any atom is -0.391 e. The van der Waals surface area contributed by atoms with E-state index in [2.05, 4.69) is 11.7 Å². The van der Waals surface area contributed by atoms with Crippen molar-refractivity contribution in [2.75, 3.05) is 19.6 Å². The van der Waals surface area contributed by atoms with E-state index in [1.807, 2.05) is 4.90 Å². The van der Waals surface area contributed by atoms with Crippen LogP contribution in [0.15, 0.2) is 0 Å². The van der Waals surface area contributed by atoms with Crippen molar-refractivity contribution >= 4 is 11.9 Å². The van der Waals surface area contributed by atoms with Gasteiger partial charge in [-0.15, -0.1) is 0 Å². The summed E-state index contributed by atoms with van der Waals surface area (Å²) in [4.78, 5) is 24.1. The Morgan fingerprint density at radius 3 is 2.27 bits per heavy atom. The van der Waals surface area contributed by atoms with Gasteiger partial charge in [0, 0.05) is 6.54 Å². The van der Waals surface area contributed by atoms with Gasteiger partial charge in [-0.1, -0.05) is 13.3 Å². The number of esters is 2. The number of carbonyl (C=O) groups is 2. The number of morpholine rings is 1. The van der Waals surface area contributed by atoms with Gasteiger partial charge in [0.15, 0.2) is 0 Å². The summed E-state index contributed by atoms with van der Waals surface area (Å²) in [5.74, 6) is -0.811. The zero-order chi connectivity index (χ0) is 10.9. The maximum Gasteiger partial charge on any atom is 0.327 e. The van der Waals surface area contributed by atoms with Crippen LogP contribution in [0.25, 0.3) is 0 Å². The van der Waals surface area contributed by atoms with E-state index < -0.39 is 11.9 Å². The molecule has 15 heavy (non-hydrogen) atoms. The molecule has 2 rings (SSSR count). The molecule has 1 saturated heterocycles. The first kappa shape index (κ1) is 10.6. The molecule has 2 fully saturated rings. The first-order valence-electron chi connectivity index (χ1n) is 5.59. The Balaban J connectivity index is 1.93. The zero-order valence-electron chi connectivity index (χ0n) is 9.12. The molecule has 4 heteroatoms. The van der Waals surface area contributed by atoms with Gasteiger partial charge in [-0.3, -0.25) is 14.5 Å². The Hall–Kier alpha value is -0.900. The van der Waals surface area contributed by atoms with Gasteiger partial charge in [0.2, 0.25) is 0 Å². The highest BCUT2D eigenvalue weighted by atomic mass is 16.6. The summed E-state index contributed by atoms with van der Waals surface area (Å²) in [5.41, 5.74) is 0.359. The third-order valence-electron chi connectivity index (χ3n) is 3.66. The van der Waals surface area contributed by atoms with E-state index in [0.717, 1.165) is 13.0 Å². The molecule has 0 N–H and O–H groups in total. The molecule has 0 amide bonds. The first-order valence-corrected chi connectivity index (χ1v) is 5.59. The van der Waals surface area contributed by atoms with E-state index in [1.54, 1.807) is 0 Å². The largest absolute Gasteiger partial charge is 0.391 e. The van der Waals surface area contributed by atoms with Gasteiger partial charge >= 0.3 is 11.9 Å². The highest BCUT2D eigenvalue weighted by Crippen LogP contribution is 2.44. The predicted molar refractivity (Wildman–Crippen MR) is 54.1 cm³/mol. The lowest BCUT2D eigenvalue weighted by Gasteiger charge is -2.44. The molecule has 0 atom stereocenters. The van der Waals surface area contributed by atoms with Crippen molar-refractivity contribution in [1.29, 1.82) is 0 Å². The van der Waals surface area contributed by atoms with Gasteiger partial charge in [0.05, 0.1) is 13.1 Å². The number of cyclic esters (lactones) is 2. The molecular weight excluding hydrogens is 194 g/mol. The van der Waals surface area contributed by atoms with Gasteiger partial charge in [0.1, 0.15) is 0 Å². The summed E-state index contributed by atoms with van der Waals surface area (Å²) in [6, 6.07) is 0. The quantitative estimate of drug-likeness (QED) is 0.515. The number of nitrogens with zero attached hydrogens (tertiary/aromatic N) is 1. The molecular formula is C11H17NO3. The third kappa shape index (κ3) is 2.20. The SMILES string of the molecule is CCC1(CN2CC(=O)OC(=O)C2)CCC1. The van der Waals surface area contributed by atoms with Crippen LogP contribution in [0.4, 0.5) is 0 Å². The second-order valence-corrected chi connectivity index (χ2v) is 4.70. The van der Waals surface area contributed by atoms with E-state index in [4.69, 9.17) is 0 Å². The van der Waals surface area contributed by atoms with Crippen LogP contribution < -0.4 is 0 Å². The molecule has 0 aromatic rings. The minimum atomic E-state index is -0.406. The fourth-order valence-corrected chi connectivity index (χ4v) is 2.50. The molecule has 84 valence electrons. The Labute approximate surface area is 89.6 Å². The first-order chi connectivity index (χ1) is 7.13. The second kappa shape index (κ2) is 3.93. The number of carbonyl (C=O) groups excluding carboxylic acids is 2. The van der Waals surface area contributed by atoms with E-state index in [-0.39, 0.29) is 13.1 Å². The van der Waals surface area contributed by atoms with Crippen LogP contribution in [0.3, 0.4) is 0 Å². The molecule has 1 heterocycles. The number of rotatable bonds is 3. The Bertz CT molecular complexity index is 262. The third-order valence-corrected chi connectivity index (χ3v) is 3.66. The average molecular weight is 211 g/mol.